The van der Waals surface area contributed by atoms with Gasteiger partial charge in [-0.1, -0.05) is 11.8 Å². The van der Waals surface area contributed by atoms with Gasteiger partial charge in [0, 0.05) is 13.1 Å². The maximum Gasteiger partial charge on any atom is 0.243 e. The van der Waals surface area contributed by atoms with Crippen LogP contribution in [0.2, 0.25) is 0 Å². The molecule has 1 aliphatic carbocycles. The molecule has 1 fully saturated rings. The third-order valence-electron chi connectivity index (χ3n) is 3.00. The van der Waals surface area contributed by atoms with Gasteiger partial charge in [0.2, 0.25) is 10.0 Å². The fourth-order valence-electron chi connectivity index (χ4n) is 1.70. The summed E-state index contributed by atoms with van der Waals surface area (Å²) in [4.78, 5) is -0.0438. The average Bonchev–Trinajstić information content (AvgIpc) is 3.20. The van der Waals surface area contributed by atoms with Crippen molar-refractivity contribution in [2.24, 2.45) is 5.73 Å². The van der Waals surface area contributed by atoms with E-state index >= 15 is 0 Å². The normalized spacial score (nSPS) is 15.2. The van der Waals surface area contributed by atoms with Crippen molar-refractivity contribution in [3.05, 3.63) is 29.6 Å². The first kappa shape index (κ1) is 14.0. The van der Waals surface area contributed by atoms with Crippen LogP contribution in [0.4, 0.5) is 4.39 Å². The Labute approximate surface area is 112 Å². The Morgan fingerprint density at radius 2 is 2.16 bits per heavy atom. The fourth-order valence-corrected chi connectivity index (χ4v) is 3.13. The number of nitrogens with two attached hydrogens (primary N) is 1. The van der Waals surface area contributed by atoms with Crippen LogP contribution in [0.3, 0.4) is 0 Å². The Morgan fingerprint density at radius 3 is 2.68 bits per heavy atom. The zero-order valence-electron chi connectivity index (χ0n) is 10.6. The Kier molecular flexibility index (Phi) is 3.90. The lowest BCUT2D eigenvalue weighted by Gasteiger charge is -2.16. The maximum atomic E-state index is 13.8. The molecule has 19 heavy (non-hydrogen) atoms. The molecule has 0 amide bonds. The summed E-state index contributed by atoms with van der Waals surface area (Å²) in [7, 11) is -2.09. The fraction of sp³-hybridized carbons (Fsp3) is 0.385. The summed E-state index contributed by atoms with van der Waals surface area (Å²) in [5.41, 5.74) is 5.36. The Bertz CT molecular complexity index is 642. The summed E-state index contributed by atoms with van der Waals surface area (Å²) >= 11 is 0. The number of sulfonamides is 1. The zero-order chi connectivity index (χ0) is 14.0. The smallest absolute Gasteiger partial charge is 0.243 e. The molecule has 1 aliphatic rings. The monoisotopic (exact) mass is 282 g/mol. The second kappa shape index (κ2) is 5.29. The second-order valence-electron chi connectivity index (χ2n) is 4.40. The van der Waals surface area contributed by atoms with Crippen LogP contribution in [0, 0.1) is 17.7 Å². The number of hydrogen-bond donors (Lipinski definition) is 1. The molecule has 0 spiro atoms. The van der Waals surface area contributed by atoms with Crippen LogP contribution in [-0.2, 0) is 10.0 Å². The van der Waals surface area contributed by atoms with Gasteiger partial charge in [-0.05, 0) is 31.0 Å². The van der Waals surface area contributed by atoms with Crippen molar-refractivity contribution < 1.29 is 12.8 Å². The molecule has 4 nitrogen and oxygen atoms in total. The summed E-state index contributed by atoms with van der Waals surface area (Å²) in [6.07, 6.45) is 1.72. The highest BCUT2D eigenvalue weighted by molar-refractivity contribution is 7.89. The minimum atomic E-state index is -3.62. The summed E-state index contributed by atoms with van der Waals surface area (Å²) in [5.74, 6) is 4.44. The van der Waals surface area contributed by atoms with Crippen molar-refractivity contribution in [3.63, 3.8) is 0 Å². The molecule has 0 saturated heterocycles. The van der Waals surface area contributed by atoms with Crippen LogP contribution >= 0.6 is 0 Å². The molecule has 0 aromatic heterocycles. The number of halogens is 1. The third-order valence-corrected chi connectivity index (χ3v) is 4.91. The van der Waals surface area contributed by atoms with E-state index in [1.807, 2.05) is 0 Å². The van der Waals surface area contributed by atoms with Crippen LogP contribution in [0.25, 0.3) is 0 Å². The molecular formula is C13H15FN2O2S. The van der Waals surface area contributed by atoms with E-state index in [-0.39, 0.29) is 23.0 Å². The third kappa shape index (κ3) is 2.95. The van der Waals surface area contributed by atoms with Crippen molar-refractivity contribution in [2.75, 3.05) is 13.6 Å². The van der Waals surface area contributed by atoms with Gasteiger partial charge in [-0.25, -0.2) is 12.8 Å². The molecule has 0 unspecified atom stereocenters. The van der Waals surface area contributed by atoms with E-state index in [9.17, 15) is 12.8 Å². The highest BCUT2D eigenvalue weighted by atomic mass is 32.2. The molecule has 0 heterocycles. The van der Waals surface area contributed by atoms with Crippen molar-refractivity contribution in [1.82, 2.24) is 4.31 Å². The minimum absolute atomic E-state index is 0.0438. The van der Waals surface area contributed by atoms with Crippen molar-refractivity contribution in [2.45, 2.75) is 23.8 Å². The van der Waals surface area contributed by atoms with Gasteiger partial charge >= 0.3 is 0 Å². The summed E-state index contributed by atoms with van der Waals surface area (Å²) < 4.78 is 39.4. The number of rotatable bonds is 3. The Balaban J connectivity index is 2.33. The first-order valence-electron chi connectivity index (χ1n) is 5.93. The van der Waals surface area contributed by atoms with E-state index < -0.39 is 15.8 Å². The molecule has 0 bridgehead atoms. The maximum absolute atomic E-state index is 13.8. The van der Waals surface area contributed by atoms with Crippen LogP contribution < -0.4 is 5.73 Å². The standard InChI is InChI=1S/C13H15FN2O2S/c1-16(11-5-6-11)19(17,18)12-7-4-10(3-2-8-15)13(14)9-12/h4,7,9,11H,5-6,8,15H2,1H3. The molecule has 6 heteroatoms. The lowest BCUT2D eigenvalue weighted by Crippen LogP contribution is -2.29. The molecule has 0 aliphatic heterocycles. The molecule has 1 saturated carbocycles. The van der Waals surface area contributed by atoms with Crippen LogP contribution in [0.15, 0.2) is 23.1 Å². The Morgan fingerprint density at radius 1 is 1.47 bits per heavy atom. The van der Waals surface area contributed by atoms with Gasteiger partial charge in [0.25, 0.3) is 0 Å². The largest absolute Gasteiger partial charge is 0.320 e. The molecule has 0 radical (unpaired) electrons. The summed E-state index contributed by atoms with van der Waals surface area (Å²) in [6, 6.07) is 3.79. The van der Waals surface area contributed by atoms with Gasteiger partial charge in [0.15, 0.2) is 0 Å². The first-order chi connectivity index (χ1) is 8.96. The van der Waals surface area contributed by atoms with E-state index in [0.717, 1.165) is 18.9 Å². The molecule has 102 valence electrons. The SMILES string of the molecule is CN(C1CC1)S(=O)(=O)c1ccc(C#CCN)c(F)c1. The predicted octanol–water partition coefficient (Wildman–Crippen LogP) is 0.919. The first-order valence-corrected chi connectivity index (χ1v) is 7.37. The van der Waals surface area contributed by atoms with Crippen LogP contribution in [-0.4, -0.2) is 32.4 Å². The van der Waals surface area contributed by atoms with E-state index in [0.29, 0.717) is 0 Å². The van der Waals surface area contributed by atoms with Crippen LogP contribution in [0.5, 0.6) is 0 Å². The van der Waals surface area contributed by atoms with Gasteiger partial charge in [-0.2, -0.15) is 4.31 Å². The van der Waals surface area contributed by atoms with Crippen LogP contribution in [0.1, 0.15) is 18.4 Å². The number of benzene rings is 1. The quantitative estimate of drug-likeness (QED) is 0.839. The van der Waals surface area contributed by atoms with E-state index in [4.69, 9.17) is 5.73 Å². The summed E-state index contributed by atoms with van der Waals surface area (Å²) in [6.45, 7) is 0.129. The van der Waals surface area contributed by atoms with Gasteiger partial charge < -0.3 is 5.73 Å². The molecule has 1 aromatic rings. The zero-order valence-corrected chi connectivity index (χ0v) is 11.4. The van der Waals surface area contributed by atoms with Gasteiger partial charge in [-0.15, -0.1) is 0 Å². The van der Waals surface area contributed by atoms with Crippen molar-refractivity contribution >= 4 is 10.0 Å². The molecule has 2 rings (SSSR count). The molecule has 2 N–H and O–H groups in total. The van der Waals surface area contributed by atoms with E-state index in [1.165, 1.54) is 23.5 Å². The van der Waals surface area contributed by atoms with E-state index in [1.54, 1.807) is 0 Å². The highest BCUT2D eigenvalue weighted by Crippen LogP contribution is 2.30. The molecule has 1 aromatic carbocycles. The van der Waals surface area contributed by atoms with Crippen molar-refractivity contribution in [1.29, 1.82) is 0 Å². The van der Waals surface area contributed by atoms with Crippen molar-refractivity contribution in [3.8, 4) is 11.8 Å². The minimum Gasteiger partial charge on any atom is -0.320 e. The van der Waals surface area contributed by atoms with Gasteiger partial charge in [-0.3, -0.25) is 0 Å². The van der Waals surface area contributed by atoms with E-state index in [2.05, 4.69) is 11.8 Å². The average molecular weight is 282 g/mol. The Hall–Kier alpha value is -1.42. The number of nitrogens with zero attached hydrogens (tertiary/aromatic N) is 1. The van der Waals surface area contributed by atoms with Gasteiger partial charge in [0.05, 0.1) is 17.0 Å². The topological polar surface area (TPSA) is 63.4 Å². The van der Waals surface area contributed by atoms with Gasteiger partial charge in [0.1, 0.15) is 5.82 Å². The lowest BCUT2D eigenvalue weighted by atomic mass is 10.2. The molecular weight excluding hydrogens is 267 g/mol. The lowest BCUT2D eigenvalue weighted by molar-refractivity contribution is 0.463. The highest BCUT2D eigenvalue weighted by Gasteiger charge is 2.35. The molecule has 0 atom stereocenters. The second-order valence-corrected chi connectivity index (χ2v) is 6.40. The summed E-state index contributed by atoms with van der Waals surface area (Å²) in [5, 5.41) is 0. The predicted molar refractivity (Wildman–Crippen MR) is 70.3 cm³/mol. The number of hydrogen-bond acceptors (Lipinski definition) is 3.